The summed E-state index contributed by atoms with van der Waals surface area (Å²) in [7, 11) is -6.95. The molecule has 2 heterocycles. The van der Waals surface area contributed by atoms with E-state index < -0.39 is 48.4 Å². The molecule has 0 spiro atoms. The number of carboxylic acids is 1. The molecule has 14 nitrogen and oxygen atoms in total. The van der Waals surface area contributed by atoms with Crippen molar-refractivity contribution in [2.75, 3.05) is 37.5 Å². The highest BCUT2D eigenvalue weighted by Crippen LogP contribution is 2.48. The summed E-state index contributed by atoms with van der Waals surface area (Å²) in [5.41, 5.74) is 4.06. The number of nitrogens with zero attached hydrogens (tertiary/aromatic N) is 2. The molecular weight excluding hydrogens is 835 g/mol. The van der Waals surface area contributed by atoms with E-state index in [4.69, 9.17) is 14.6 Å². The molecule has 1 atom stereocenters. The Balaban J connectivity index is 1.59. The first-order valence-corrected chi connectivity index (χ1v) is 24.5. The van der Waals surface area contributed by atoms with E-state index in [0.29, 0.717) is 58.3 Å². The van der Waals surface area contributed by atoms with Gasteiger partial charge in [-0.25, -0.2) is 0 Å². The first-order valence-electron chi connectivity index (χ1n) is 21.4. The Hall–Kier alpha value is -3.93. The van der Waals surface area contributed by atoms with Gasteiger partial charge in [0.2, 0.25) is 11.6 Å². The van der Waals surface area contributed by atoms with Gasteiger partial charge in [-0.3, -0.25) is 18.7 Å². The maximum atomic E-state index is 13.0. The standard InChI is InChI=1S/C46H67N3O11S2/c1-10-46(8,59-9)25-28-60-43(2,3)24-23-41(50)47-32-33-19-21-37-35(30-33)44(4,5)39(49(37)27-15-29-61(53,54)55)16-14-17-40-45(6,7)36-31-34(62(56,57)58)20-22-38(36)48(40)26-13-11-12-18-42(51)52/h14,16-17,19-22,30-31H,10-13,15,18,23-29,32H2,1-9H3,(H3-,47,50,51,52,53,54,55,56,57,58)/p+1. The van der Waals surface area contributed by atoms with Gasteiger partial charge >= 0.3 is 5.97 Å². The lowest BCUT2D eigenvalue weighted by Gasteiger charge is -2.30. The first-order chi connectivity index (χ1) is 28.7. The van der Waals surface area contributed by atoms with E-state index in [0.717, 1.165) is 52.3 Å². The molecule has 16 heteroatoms. The Morgan fingerprint density at radius 2 is 1.61 bits per heavy atom. The zero-order valence-corrected chi connectivity index (χ0v) is 39.5. The number of carbonyl (C=O) groups excluding carboxylic acids is 1. The number of nitrogens with one attached hydrogen (secondary N) is 1. The fraction of sp³-hybridized carbons (Fsp3) is 0.587. The summed E-state index contributed by atoms with van der Waals surface area (Å²) < 4.78 is 81.1. The van der Waals surface area contributed by atoms with Crippen LogP contribution in [0.2, 0.25) is 0 Å². The molecule has 0 radical (unpaired) electrons. The highest BCUT2D eigenvalue weighted by molar-refractivity contribution is 7.86. The van der Waals surface area contributed by atoms with Crippen molar-refractivity contribution in [3.63, 3.8) is 0 Å². The van der Waals surface area contributed by atoms with E-state index in [-0.39, 0.29) is 29.2 Å². The number of anilines is 1. The number of methoxy groups -OCH3 is 1. The fourth-order valence-corrected chi connectivity index (χ4v) is 9.23. The fourth-order valence-electron chi connectivity index (χ4n) is 8.23. The van der Waals surface area contributed by atoms with Crippen LogP contribution in [0.3, 0.4) is 0 Å². The molecule has 0 bridgehead atoms. The number of benzene rings is 2. The number of fused-ring (bicyclic) bond motifs is 2. The molecule has 0 saturated carbocycles. The number of amides is 1. The Labute approximate surface area is 369 Å². The van der Waals surface area contributed by atoms with E-state index in [1.54, 1.807) is 13.2 Å². The van der Waals surface area contributed by atoms with Crippen LogP contribution in [0.1, 0.15) is 130 Å². The van der Waals surface area contributed by atoms with E-state index in [9.17, 15) is 35.5 Å². The van der Waals surface area contributed by atoms with Crippen molar-refractivity contribution in [1.82, 2.24) is 5.32 Å². The SMILES string of the molecule is CCC(C)(CCOC(C)(C)CCC(=O)NCc1ccc2c(c1)C(C)(C)/C(=C\C=C\C1=[N+](CCCCCC(=O)O)c3ccc(S(=O)(=O)O)cc3C1(C)C)N2CCCS(=O)(=O)O)OC. The summed E-state index contributed by atoms with van der Waals surface area (Å²) >= 11 is 0. The molecule has 0 fully saturated rings. The largest absolute Gasteiger partial charge is 0.481 e. The molecule has 2 aliphatic rings. The molecule has 0 saturated heterocycles. The average molecular weight is 903 g/mol. The average Bonchev–Trinajstić information content (AvgIpc) is 3.52. The van der Waals surface area contributed by atoms with Gasteiger partial charge in [-0.05, 0) is 109 Å². The van der Waals surface area contributed by atoms with Crippen LogP contribution in [-0.4, -0.2) is 97.0 Å². The topological polar surface area (TPSA) is 200 Å². The van der Waals surface area contributed by atoms with Gasteiger partial charge in [-0.1, -0.05) is 39.0 Å². The predicted octanol–water partition coefficient (Wildman–Crippen LogP) is 7.87. The second-order valence-electron chi connectivity index (χ2n) is 18.3. The maximum absolute atomic E-state index is 13.0. The van der Waals surface area contributed by atoms with Gasteiger partial charge in [-0.15, -0.1) is 0 Å². The van der Waals surface area contributed by atoms with E-state index in [1.807, 2.05) is 58.1 Å². The molecule has 0 aromatic heterocycles. The van der Waals surface area contributed by atoms with Crippen LogP contribution >= 0.6 is 0 Å². The summed E-state index contributed by atoms with van der Waals surface area (Å²) in [6.45, 7) is 17.9. The van der Waals surface area contributed by atoms with Gasteiger partial charge in [0.05, 0.1) is 33.9 Å². The molecule has 2 aliphatic heterocycles. The van der Waals surface area contributed by atoms with Crippen molar-refractivity contribution in [3.05, 3.63) is 77.0 Å². The summed E-state index contributed by atoms with van der Waals surface area (Å²) in [6.07, 6.45) is 10.5. The number of allylic oxidation sites excluding steroid dienone is 4. The third-order valence-corrected chi connectivity index (χ3v) is 14.1. The van der Waals surface area contributed by atoms with Gasteiger partial charge in [0, 0.05) is 74.0 Å². The third-order valence-electron chi connectivity index (χ3n) is 12.5. The van der Waals surface area contributed by atoms with Gasteiger partial charge in [0.15, 0.2) is 5.71 Å². The van der Waals surface area contributed by atoms with Crippen molar-refractivity contribution in [3.8, 4) is 0 Å². The van der Waals surface area contributed by atoms with Crippen LogP contribution in [0.5, 0.6) is 0 Å². The molecule has 1 unspecified atom stereocenters. The van der Waals surface area contributed by atoms with Crippen LogP contribution in [0.25, 0.3) is 0 Å². The van der Waals surface area contributed by atoms with E-state index >= 15 is 0 Å². The molecule has 62 heavy (non-hydrogen) atoms. The van der Waals surface area contributed by atoms with Crippen LogP contribution < -0.4 is 10.2 Å². The molecule has 0 aliphatic carbocycles. The number of aliphatic carboxylic acids is 1. The van der Waals surface area contributed by atoms with Crippen molar-refractivity contribution in [2.24, 2.45) is 0 Å². The number of carbonyl (C=O) groups is 2. The minimum atomic E-state index is -4.46. The monoisotopic (exact) mass is 902 g/mol. The normalized spacial score (nSPS) is 17.7. The lowest BCUT2D eigenvalue weighted by molar-refractivity contribution is -0.438. The maximum Gasteiger partial charge on any atom is 0.303 e. The number of carboxylic acid groups (broad SMARTS) is 1. The third kappa shape index (κ3) is 13.1. The van der Waals surface area contributed by atoms with Crippen molar-refractivity contribution >= 4 is 49.2 Å². The summed E-state index contributed by atoms with van der Waals surface area (Å²) in [6, 6.07) is 10.5. The summed E-state index contributed by atoms with van der Waals surface area (Å²) in [4.78, 5) is 26.0. The lowest BCUT2D eigenvalue weighted by Crippen LogP contribution is -2.33. The zero-order chi connectivity index (χ0) is 46.3. The van der Waals surface area contributed by atoms with Crippen LogP contribution in [0.15, 0.2) is 65.2 Å². The van der Waals surface area contributed by atoms with Gasteiger partial charge in [0.25, 0.3) is 20.2 Å². The lowest BCUT2D eigenvalue weighted by atomic mass is 9.81. The van der Waals surface area contributed by atoms with E-state index in [2.05, 4.69) is 48.6 Å². The Bertz CT molecular complexity index is 2270. The quantitative estimate of drug-likeness (QED) is 0.0452. The van der Waals surface area contributed by atoms with Crippen molar-refractivity contribution in [2.45, 2.75) is 147 Å². The van der Waals surface area contributed by atoms with Crippen molar-refractivity contribution < 1.29 is 54.7 Å². The predicted molar refractivity (Wildman–Crippen MR) is 242 cm³/mol. The molecule has 1 amide bonds. The summed E-state index contributed by atoms with van der Waals surface area (Å²) in [5, 5.41) is 12.2. The number of hydrogen-bond acceptors (Lipinski definition) is 9. The van der Waals surface area contributed by atoms with Crippen LogP contribution in [-0.2, 0) is 56.7 Å². The minimum Gasteiger partial charge on any atom is -0.481 e. The number of rotatable bonds is 24. The van der Waals surface area contributed by atoms with Gasteiger partial charge in [-0.2, -0.15) is 21.4 Å². The van der Waals surface area contributed by atoms with Gasteiger partial charge < -0.3 is 24.8 Å². The number of ether oxygens (including phenoxy) is 2. The second kappa shape index (κ2) is 20.3. The summed E-state index contributed by atoms with van der Waals surface area (Å²) in [5.74, 6) is -1.35. The minimum absolute atomic E-state index is 0.0719. The number of hydrogen-bond donors (Lipinski definition) is 4. The Kier molecular flexibility index (Phi) is 16.6. The zero-order valence-electron chi connectivity index (χ0n) is 37.9. The van der Waals surface area contributed by atoms with E-state index in [1.165, 1.54) is 12.1 Å². The molecule has 4 N–H and O–H groups in total. The number of unbranched alkanes of at least 4 members (excludes halogenated alkanes) is 2. The highest BCUT2D eigenvalue weighted by Gasteiger charge is 2.45. The molecular formula is C46H68N3O11S2+. The molecule has 344 valence electrons. The Morgan fingerprint density at radius 1 is 0.903 bits per heavy atom. The smallest absolute Gasteiger partial charge is 0.303 e. The second-order valence-corrected chi connectivity index (χ2v) is 21.3. The first kappa shape index (κ1) is 50.7. The van der Waals surface area contributed by atoms with Crippen molar-refractivity contribution in [1.29, 1.82) is 0 Å². The van der Waals surface area contributed by atoms with Crippen LogP contribution in [0.4, 0.5) is 11.4 Å². The molecule has 4 rings (SSSR count). The van der Waals surface area contributed by atoms with Gasteiger partial charge in [0.1, 0.15) is 6.54 Å². The Morgan fingerprint density at radius 3 is 2.24 bits per heavy atom. The highest BCUT2D eigenvalue weighted by atomic mass is 32.2. The molecule has 2 aromatic carbocycles. The molecule has 2 aromatic rings. The van der Waals surface area contributed by atoms with Crippen LogP contribution in [0, 0.1) is 0 Å².